The lowest BCUT2D eigenvalue weighted by molar-refractivity contribution is 0.292. The van der Waals surface area contributed by atoms with E-state index in [4.69, 9.17) is 4.74 Å². The number of allylic oxidation sites excluding steroid dienone is 4. The van der Waals surface area contributed by atoms with Gasteiger partial charge in [0.1, 0.15) is 0 Å². The third kappa shape index (κ3) is 5.71. The molecule has 0 fully saturated rings. The molecule has 0 radical (unpaired) electrons. The van der Waals surface area contributed by atoms with Gasteiger partial charge in [0, 0.05) is 0 Å². The number of methoxy groups -OCH3 is 1. The van der Waals surface area contributed by atoms with Crippen LogP contribution in [0, 0.1) is 0 Å². The number of rotatable bonds is 4. The molecule has 0 N–H and O–H groups in total. The van der Waals surface area contributed by atoms with Crippen molar-refractivity contribution in [2.75, 3.05) is 7.11 Å². The molecule has 0 aromatic heterocycles. The van der Waals surface area contributed by atoms with Crippen LogP contribution >= 0.6 is 0 Å². The lowest BCUT2D eigenvalue weighted by Gasteiger charge is -1.96. The summed E-state index contributed by atoms with van der Waals surface area (Å²) in [6, 6.07) is 0. The van der Waals surface area contributed by atoms with Gasteiger partial charge in [0.15, 0.2) is 0 Å². The molecule has 0 amide bonds. The first-order valence-corrected chi connectivity index (χ1v) is 4.07. The van der Waals surface area contributed by atoms with Crippen molar-refractivity contribution >= 4 is 0 Å². The van der Waals surface area contributed by atoms with Crippen LogP contribution in [0.25, 0.3) is 0 Å². The Bertz CT molecular complexity index is 136. The standard InChI is InChI=1S/C10H18O/c1-5-9(2)7-6-8-10(3)11-4/h7-8H,5-6H2,1-4H3. The molecule has 0 heterocycles. The molecule has 0 rings (SSSR count). The summed E-state index contributed by atoms with van der Waals surface area (Å²) in [7, 11) is 1.70. The highest BCUT2D eigenvalue weighted by Gasteiger charge is 1.83. The summed E-state index contributed by atoms with van der Waals surface area (Å²) < 4.78 is 5.00. The Morgan fingerprint density at radius 3 is 2.36 bits per heavy atom. The second-order valence-electron chi connectivity index (χ2n) is 2.66. The van der Waals surface area contributed by atoms with Crippen molar-refractivity contribution in [2.45, 2.75) is 33.6 Å². The van der Waals surface area contributed by atoms with Gasteiger partial charge >= 0.3 is 0 Å². The molecule has 0 atom stereocenters. The highest BCUT2D eigenvalue weighted by Crippen LogP contribution is 2.02. The van der Waals surface area contributed by atoms with Gasteiger partial charge in [-0.3, -0.25) is 0 Å². The normalized spacial score (nSPS) is 13.5. The first-order valence-electron chi connectivity index (χ1n) is 4.07. The van der Waals surface area contributed by atoms with Crippen molar-refractivity contribution < 1.29 is 4.74 Å². The first kappa shape index (κ1) is 10.3. The van der Waals surface area contributed by atoms with Crippen molar-refractivity contribution in [3.8, 4) is 0 Å². The molecule has 0 saturated heterocycles. The molecule has 0 aliphatic carbocycles. The Kier molecular flexibility index (Phi) is 5.63. The second kappa shape index (κ2) is 6.02. The third-order valence-corrected chi connectivity index (χ3v) is 1.75. The van der Waals surface area contributed by atoms with E-state index in [-0.39, 0.29) is 0 Å². The lowest BCUT2D eigenvalue weighted by atomic mass is 10.2. The minimum absolute atomic E-state index is 0.985. The van der Waals surface area contributed by atoms with Crippen LogP contribution in [0.3, 0.4) is 0 Å². The van der Waals surface area contributed by atoms with E-state index in [9.17, 15) is 0 Å². The summed E-state index contributed by atoms with van der Waals surface area (Å²) in [6.07, 6.45) is 6.43. The van der Waals surface area contributed by atoms with Gasteiger partial charge in [-0.15, -0.1) is 0 Å². The lowest BCUT2D eigenvalue weighted by Crippen LogP contribution is -1.78. The zero-order valence-electron chi connectivity index (χ0n) is 7.98. The highest BCUT2D eigenvalue weighted by molar-refractivity contribution is 5.02. The largest absolute Gasteiger partial charge is 0.502 e. The summed E-state index contributed by atoms with van der Waals surface area (Å²) in [5.74, 6) is 0.991. The van der Waals surface area contributed by atoms with E-state index in [1.165, 1.54) is 5.57 Å². The third-order valence-electron chi connectivity index (χ3n) is 1.75. The van der Waals surface area contributed by atoms with Crippen LogP contribution in [0.1, 0.15) is 33.6 Å². The Morgan fingerprint density at radius 2 is 1.91 bits per heavy atom. The molecule has 11 heavy (non-hydrogen) atoms. The molecule has 0 saturated carbocycles. The van der Waals surface area contributed by atoms with Crippen molar-refractivity contribution in [1.82, 2.24) is 0 Å². The number of hydrogen-bond donors (Lipinski definition) is 0. The zero-order chi connectivity index (χ0) is 8.69. The van der Waals surface area contributed by atoms with E-state index in [0.29, 0.717) is 0 Å². The molecule has 0 aliphatic rings. The Hall–Kier alpha value is -0.720. The quantitative estimate of drug-likeness (QED) is 0.446. The van der Waals surface area contributed by atoms with E-state index in [2.05, 4.69) is 26.0 Å². The van der Waals surface area contributed by atoms with Gasteiger partial charge in [0.2, 0.25) is 0 Å². The van der Waals surface area contributed by atoms with Crippen LogP contribution in [0.15, 0.2) is 23.5 Å². The molecule has 0 aromatic carbocycles. The molecular formula is C10H18O. The van der Waals surface area contributed by atoms with Crippen LogP contribution in [0.4, 0.5) is 0 Å². The number of ether oxygens (including phenoxy) is 1. The summed E-state index contributed by atoms with van der Waals surface area (Å²) in [5.41, 5.74) is 1.44. The van der Waals surface area contributed by atoms with E-state index >= 15 is 0 Å². The Labute approximate surface area is 69.8 Å². The number of hydrogen-bond acceptors (Lipinski definition) is 1. The van der Waals surface area contributed by atoms with Crippen LogP contribution in [-0.4, -0.2) is 7.11 Å². The highest BCUT2D eigenvalue weighted by atomic mass is 16.5. The maximum Gasteiger partial charge on any atom is 0.0887 e. The smallest absolute Gasteiger partial charge is 0.0887 e. The van der Waals surface area contributed by atoms with E-state index < -0.39 is 0 Å². The SMILES string of the molecule is CCC(C)=CCC=C(C)OC. The zero-order valence-corrected chi connectivity index (χ0v) is 7.98. The van der Waals surface area contributed by atoms with Crippen LogP contribution in [-0.2, 0) is 4.74 Å². The van der Waals surface area contributed by atoms with Gasteiger partial charge in [0.05, 0.1) is 12.9 Å². The van der Waals surface area contributed by atoms with E-state index in [1.807, 2.05) is 6.92 Å². The molecule has 0 aromatic rings. The predicted molar refractivity (Wildman–Crippen MR) is 49.4 cm³/mol. The summed E-state index contributed by atoms with van der Waals surface area (Å²) >= 11 is 0. The summed E-state index contributed by atoms with van der Waals surface area (Å²) in [5, 5.41) is 0. The van der Waals surface area contributed by atoms with Crippen LogP contribution in [0.5, 0.6) is 0 Å². The van der Waals surface area contributed by atoms with Crippen molar-refractivity contribution in [3.05, 3.63) is 23.5 Å². The molecule has 1 heteroatoms. The molecule has 64 valence electrons. The van der Waals surface area contributed by atoms with Crippen molar-refractivity contribution in [3.63, 3.8) is 0 Å². The minimum atomic E-state index is 0.985. The topological polar surface area (TPSA) is 9.23 Å². The van der Waals surface area contributed by atoms with Gasteiger partial charge < -0.3 is 4.74 Å². The Morgan fingerprint density at radius 1 is 1.27 bits per heavy atom. The molecule has 0 unspecified atom stereocenters. The maximum absolute atomic E-state index is 5.00. The minimum Gasteiger partial charge on any atom is -0.502 e. The van der Waals surface area contributed by atoms with Gasteiger partial charge in [0.25, 0.3) is 0 Å². The molecule has 0 aliphatic heterocycles. The average Bonchev–Trinajstić information content (AvgIpc) is 2.04. The van der Waals surface area contributed by atoms with Crippen molar-refractivity contribution in [1.29, 1.82) is 0 Å². The summed E-state index contributed by atoms with van der Waals surface area (Å²) in [6.45, 7) is 6.28. The Balaban J connectivity index is 3.71. The van der Waals surface area contributed by atoms with Gasteiger partial charge in [-0.2, -0.15) is 0 Å². The fourth-order valence-corrected chi connectivity index (χ4v) is 0.654. The van der Waals surface area contributed by atoms with Crippen LogP contribution in [0.2, 0.25) is 0 Å². The average molecular weight is 154 g/mol. The molecule has 0 bridgehead atoms. The first-order chi connectivity index (χ1) is 5.20. The predicted octanol–water partition coefficient (Wildman–Crippen LogP) is 3.28. The van der Waals surface area contributed by atoms with Crippen LogP contribution < -0.4 is 0 Å². The maximum atomic E-state index is 5.00. The summed E-state index contributed by atoms with van der Waals surface area (Å²) in [4.78, 5) is 0. The van der Waals surface area contributed by atoms with Gasteiger partial charge in [-0.1, -0.05) is 18.6 Å². The van der Waals surface area contributed by atoms with Crippen molar-refractivity contribution in [2.24, 2.45) is 0 Å². The molecule has 0 spiro atoms. The second-order valence-corrected chi connectivity index (χ2v) is 2.66. The molecule has 1 nitrogen and oxygen atoms in total. The van der Waals surface area contributed by atoms with Gasteiger partial charge in [-0.05, 0) is 32.8 Å². The fraction of sp³-hybridized carbons (Fsp3) is 0.600. The van der Waals surface area contributed by atoms with E-state index in [0.717, 1.165) is 18.6 Å². The van der Waals surface area contributed by atoms with E-state index in [1.54, 1.807) is 7.11 Å². The monoisotopic (exact) mass is 154 g/mol. The van der Waals surface area contributed by atoms with Gasteiger partial charge in [-0.25, -0.2) is 0 Å². The molecular weight excluding hydrogens is 136 g/mol. The fourth-order valence-electron chi connectivity index (χ4n) is 0.654.